The van der Waals surface area contributed by atoms with Crippen LogP contribution >= 0.6 is 11.6 Å². The molecule has 0 aliphatic rings. The minimum absolute atomic E-state index is 0.0321. The summed E-state index contributed by atoms with van der Waals surface area (Å²) in [6.45, 7) is 1.94. The van der Waals surface area contributed by atoms with Crippen molar-refractivity contribution in [1.29, 1.82) is 0 Å². The molecular formula is C11H13ClN4O2S. The number of nitrogens with two attached hydrogens (primary N) is 1. The number of aryl methyl sites for hydroxylation is 1. The predicted octanol–water partition coefficient (Wildman–Crippen LogP) is 1.43. The van der Waals surface area contributed by atoms with Gasteiger partial charge in [-0.05, 0) is 25.1 Å². The van der Waals surface area contributed by atoms with E-state index in [9.17, 15) is 8.42 Å². The number of aromatic amines is 1. The molecule has 8 heteroatoms. The summed E-state index contributed by atoms with van der Waals surface area (Å²) in [5, 5.41) is 6.69. The Balaban J connectivity index is 2.23. The third kappa shape index (κ3) is 3.06. The van der Waals surface area contributed by atoms with Crippen LogP contribution in [0.25, 0.3) is 0 Å². The Labute approximate surface area is 116 Å². The maximum absolute atomic E-state index is 12.1. The molecule has 0 atom stereocenters. The second-order valence-electron chi connectivity index (χ2n) is 4.03. The van der Waals surface area contributed by atoms with Gasteiger partial charge in [-0.25, -0.2) is 13.1 Å². The van der Waals surface area contributed by atoms with Gasteiger partial charge >= 0.3 is 0 Å². The molecule has 2 rings (SSSR count). The molecule has 0 spiro atoms. The molecule has 0 bridgehead atoms. The molecule has 0 saturated heterocycles. The standard InChI is InChI=1S/C11H13ClN4O2S/c1-7-8(5-14-16-7)6-15-19(17,18)11-4-9(13)2-3-10(11)12/h2-5,15H,6,13H2,1H3,(H,14,16). The van der Waals surface area contributed by atoms with Gasteiger partial charge in [-0.15, -0.1) is 0 Å². The molecule has 4 N–H and O–H groups in total. The maximum Gasteiger partial charge on any atom is 0.242 e. The zero-order chi connectivity index (χ0) is 14.0. The van der Waals surface area contributed by atoms with Crippen molar-refractivity contribution in [2.45, 2.75) is 18.4 Å². The zero-order valence-electron chi connectivity index (χ0n) is 10.1. The Bertz CT molecular complexity index is 696. The highest BCUT2D eigenvalue weighted by atomic mass is 35.5. The number of H-pyrrole nitrogens is 1. The number of nitrogens with one attached hydrogen (secondary N) is 2. The van der Waals surface area contributed by atoms with E-state index in [1.54, 1.807) is 12.3 Å². The van der Waals surface area contributed by atoms with Crippen molar-refractivity contribution in [1.82, 2.24) is 14.9 Å². The third-order valence-corrected chi connectivity index (χ3v) is 4.51. The van der Waals surface area contributed by atoms with Crippen LogP contribution in [0.2, 0.25) is 5.02 Å². The number of aromatic nitrogens is 2. The summed E-state index contributed by atoms with van der Waals surface area (Å²) < 4.78 is 26.7. The number of benzene rings is 1. The summed E-state index contributed by atoms with van der Waals surface area (Å²) in [6, 6.07) is 4.32. The first kappa shape index (κ1) is 13.9. The summed E-state index contributed by atoms with van der Waals surface area (Å²) >= 11 is 5.88. The SMILES string of the molecule is Cc1[nH]ncc1CNS(=O)(=O)c1cc(N)ccc1Cl. The second-order valence-corrected chi connectivity index (χ2v) is 6.18. The van der Waals surface area contributed by atoms with Crippen LogP contribution in [-0.2, 0) is 16.6 Å². The van der Waals surface area contributed by atoms with Crippen molar-refractivity contribution in [3.05, 3.63) is 40.7 Å². The third-order valence-electron chi connectivity index (χ3n) is 2.63. The maximum atomic E-state index is 12.1. The molecule has 0 aliphatic heterocycles. The van der Waals surface area contributed by atoms with Gasteiger partial charge in [-0.2, -0.15) is 5.10 Å². The van der Waals surface area contributed by atoms with Crippen molar-refractivity contribution < 1.29 is 8.42 Å². The first-order valence-corrected chi connectivity index (χ1v) is 7.30. The molecular weight excluding hydrogens is 288 g/mol. The Kier molecular flexibility index (Phi) is 3.79. The quantitative estimate of drug-likeness (QED) is 0.744. The molecule has 2 aromatic rings. The Morgan fingerprint density at radius 3 is 2.84 bits per heavy atom. The van der Waals surface area contributed by atoms with Crippen LogP contribution in [-0.4, -0.2) is 18.6 Å². The van der Waals surface area contributed by atoms with Crippen LogP contribution in [0, 0.1) is 6.92 Å². The van der Waals surface area contributed by atoms with Crippen LogP contribution in [0.5, 0.6) is 0 Å². The highest BCUT2D eigenvalue weighted by molar-refractivity contribution is 7.89. The smallest absolute Gasteiger partial charge is 0.242 e. The number of nitrogen functional groups attached to an aromatic ring is 1. The van der Waals surface area contributed by atoms with Gasteiger partial charge in [0.1, 0.15) is 4.90 Å². The van der Waals surface area contributed by atoms with Gasteiger partial charge in [0.15, 0.2) is 0 Å². The van der Waals surface area contributed by atoms with Crippen LogP contribution in [0.3, 0.4) is 0 Å². The van der Waals surface area contributed by atoms with E-state index in [1.165, 1.54) is 12.1 Å². The molecule has 0 unspecified atom stereocenters. The highest BCUT2D eigenvalue weighted by Gasteiger charge is 2.18. The Morgan fingerprint density at radius 2 is 2.21 bits per heavy atom. The van der Waals surface area contributed by atoms with E-state index in [2.05, 4.69) is 14.9 Å². The summed E-state index contributed by atoms with van der Waals surface area (Å²) in [4.78, 5) is -0.0321. The molecule has 0 radical (unpaired) electrons. The molecule has 1 aromatic carbocycles. The van der Waals surface area contributed by atoms with Crippen molar-refractivity contribution >= 4 is 27.3 Å². The molecule has 1 heterocycles. The first-order valence-electron chi connectivity index (χ1n) is 5.43. The fourth-order valence-electron chi connectivity index (χ4n) is 1.53. The van der Waals surface area contributed by atoms with Crippen molar-refractivity contribution in [2.24, 2.45) is 0 Å². The molecule has 0 fully saturated rings. The molecule has 0 saturated carbocycles. The van der Waals surface area contributed by atoms with Gasteiger partial charge in [0.05, 0.1) is 11.2 Å². The lowest BCUT2D eigenvalue weighted by molar-refractivity contribution is 0.581. The molecule has 0 amide bonds. The van der Waals surface area contributed by atoms with Gasteiger partial charge in [0.2, 0.25) is 10.0 Å². The van der Waals surface area contributed by atoms with E-state index in [-0.39, 0.29) is 16.5 Å². The number of sulfonamides is 1. The summed E-state index contributed by atoms with van der Waals surface area (Å²) in [6.07, 6.45) is 1.57. The average molecular weight is 301 g/mol. The topological polar surface area (TPSA) is 101 Å². The average Bonchev–Trinajstić information content (AvgIpc) is 2.75. The zero-order valence-corrected chi connectivity index (χ0v) is 11.7. The van der Waals surface area contributed by atoms with Gasteiger partial charge in [0.25, 0.3) is 0 Å². The summed E-state index contributed by atoms with van der Waals surface area (Å²) in [5.74, 6) is 0. The number of nitrogens with zero attached hydrogens (tertiary/aromatic N) is 1. The molecule has 1 aromatic heterocycles. The lowest BCUT2D eigenvalue weighted by Crippen LogP contribution is -2.23. The summed E-state index contributed by atoms with van der Waals surface area (Å²) in [5.41, 5.74) is 7.48. The fourth-order valence-corrected chi connectivity index (χ4v) is 3.07. The van der Waals surface area contributed by atoms with Gasteiger partial charge in [-0.1, -0.05) is 11.6 Å². The number of anilines is 1. The van der Waals surface area contributed by atoms with Crippen LogP contribution < -0.4 is 10.5 Å². The second kappa shape index (κ2) is 5.20. The van der Waals surface area contributed by atoms with E-state index in [0.29, 0.717) is 5.69 Å². The van der Waals surface area contributed by atoms with Crippen molar-refractivity contribution in [3.63, 3.8) is 0 Å². The highest BCUT2D eigenvalue weighted by Crippen LogP contribution is 2.23. The normalized spacial score (nSPS) is 11.7. The summed E-state index contributed by atoms with van der Waals surface area (Å²) in [7, 11) is -3.71. The lowest BCUT2D eigenvalue weighted by Gasteiger charge is -2.08. The van der Waals surface area contributed by atoms with Crippen LogP contribution in [0.4, 0.5) is 5.69 Å². The van der Waals surface area contributed by atoms with Crippen LogP contribution in [0.1, 0.15) is 11.3 Å². The van der Waals surface area contributed by atoms with Crippen LogP contribution in [0.15, 0.2) is 29.3 Å². The minimum atomic E-state index is -3.71. The number of hydrogen-bond donors (Lipinski definition) is 3. The molecule has 0 aliphatic carbocycles. The monoisotopic (exact) mass is 300 g/mol. The number of halogens is 1. The van der Waals surface area contributed by atoms with Gasteiger partial charge in [-0.3, -0.25) is 5.10 Å². The van der Waals surface area contributed by atoms with E-state index in [1.807, 2.05) is 6.92 Å². The fraction of sp³-hybridized carbons (Fsp3) is 0.182. The largest absolute Gasteiger partial charge is 0.399 e. The van der Waals surface area contributed by atoms with Gasteiger partial charge in [0, 0.05) is 23.5 Å². The van der Waals surface area contributed by atoms with Crippen molar-refractivity contribution in [3.8, 4) is 0 Å². The predicted molar refractivity (Wildman–Crippen MR) is 73.2 cm³/mol. The van der Waals surface area contributed by atoms with E-state index >= 15 is 0 Å². The molecule has 6 nitrogen and oxygen atoms in total. The van der Waals surface area contributed by atoms with E-state index in [0.717, 1.165) is 11.3 Å². The van der Waals surface area contributed by atoms with Crippen molar-refractivity contribution in [2.75, 3.05) is 5.73 Å². The number of hydrogen-bond acceptors (Lipinski definition) is 4. The van der Waals surface area contributed by atoms with E-state index < -0.39 is 10.0 Å². The lowest BCUT2D eigenvalue weighted by atomic mass is 10.3. The minimum Gasteiger partial charge on any atom is -0.399 e. The van der Waals surface area contributed by atoms with Gasteiger partial charge < -0.3 is 5.73 Å². The Morgan fingerprint density at radius 1 is 1.47 bits per heavy atom. The number of rotatable bonds is 4. The molecule has 19 heavy (non-hydrogen) atoms. The molecule has 102 valence electrons. The first-order chi connectivity index (χ1) is 8.90. The van der Waals surface area contributed by atoms with E-state index in [4.69, 9.17) is 17.3 Å². The Hall–Kier alpha value is -1.57.